The monoisotopic (exact) mass is 287 g/mol. The molecule has 21 heavy (non-hydrogen) atoms. The highest BCUT2D eigenvalue weighted by atomic mass is 16.2. The van der Waals surface area contributed by atoms with Crippen molar-refractivity contribution < 1.29 is 4.79 Å². The van der Waals surface area contributed by atoms with E-state index in [4.69, 9.17) is 0 Å². The van der Waals surface area contributed by atoms with E-state index in [1.807, 2.05) is 37.2 Å². The zero-order valence-corrected chi connectivity index (χ0v) is 13.0. The molecule has 0 saturated heterocycles. The summed E-state index contributed by atoms with van der Waals surface area (Å²) < 4.78 is 0. The highest BCUT2D eigenvalue weighted by molar-refractivity contribution is 5.79. The van der Waals surface area contributed by atoms with Crippen LogP contribution in [0.4, 0.5) is 0 Å². The third kappa shape index (κ3) is 4.97. The number of likely N-dealkylation sites (N-methyl/N-ethyl adjacent to an activating group) is 1. The molecule has 1 aromatic rings. The summed E-state index contributed by atoms with van der Waals surface area (Å²) in [6.07, 6.45) is 8.95. The van der Waals surface area contributed by atoms with Crippen molar-refractivity contribution in [1.82, 2.24) is 14.8 Å². The van der Waals surface area contributed by atoms with Crippen LogP contribution in [0.5, 0.6) is 0 Å². The van der Waals surface area contributed by atoms with Crippen LogP contribution in [-0.2, 0) is 11.3 Å². The lowest BCUT2D eigenvalue weighted by molar-refractivity contribution is -0.136. The number of allylic oxidation sites excluding steroid dienone is 2. The van der Waals surface area contributed by atoms with Crippen molar-refractivity contribution in [2.45, 2.75) is 25.8 Å². The smallest absolute Gasteiger partial charge is 0.226 e. The van der Waals surface area contributed by atoms with Gasteiger partial charge in [-0.2, -0.15) is 0 Å². The zero-order valence-electron chi connectivity index (χ0n) is 13.0. The maximum Gasteiger partial charge on any atom is 0.226 e. The Labute approximate surface area is 127 Å². The quantitative estimate of drug-likeness (QED) is 0.754. The number of amides is 1. The number of aromatic nitrogens is 1. The van der Waals surface area contributed by atoms with Gasteiger partial charge >= 0.3 is 0 Å². The minimum absolute atomic E-state index is 0.140. The van der Waals surface area contributed by atoms with Crippen LogP contribution in [0.2, 0.25) is 0 Å². The fourth-order valence-electron chi connectivity index (χ4n) is 2.55. The molecule has 0 N–H and O–H groups in total. The SMILES string of the molecule is CN(C)CCN(Cc1ccccn1)C(=O)[C@@H]1CC=CCC1. The van der Waals surface area contributed by atoms with Gasteiger partial charge in [-0.1, -0.05) is 18.2 Å². The summed E-state index contributed by atoms with van der Waals surface area (Å²) in [6.45, 7) is 2.23. The topological polar surface area (TPSA) is 36.4 Å². The zero-order chi connectivity index (χ0) is 15.1. The Bertz CT molecular complexity index is 470. The lowest BCUT2D eigenvalue weighted by Gasteiger charge is -2.29. The Morgan fingerprint density at radius 1 is 1.29 bits per heavy atom. The van der Waals surface area contributed by atoms with Crippen molar-refractivity contribution in [1.29, 1.82) is 0 Å². The molecule has 0 fully saturated rings. The second-order valence-corrected chi connectivity index (χ2v) is 5.87. The molecule has 4 heteroatoms. The highest BCUT2D eigenvalue weighted by Crippen LogP contribution is 2.21. The Morgan fingerprint density at radius 2 is 2.14 bits per heavy atom. The summed E-state index contributed by atoms with van der Waals surface area (Å²) in [6, 6.07) is 5.86. The predicted molar refractivity (Wildman–Crippen MR) is 84.7 cm³/mol. The molecule has 114 valence electrons. The van der Waals surface area contributed by atoms with Gasteiger partial charge < -0.3 is 9.80 Å². The Morgan fingerprint density at radius 3 is 2.76 bits per heavy atom. The molecule has 1 aliphatic carbocycles. The van der Waals surface area contributed by atoms with Gasteiger partial charge in [0.15, 0.2) is 0 Å². The standard InChI is InChI=1S/C17H25N3O/c1-19(2)12-13-20(14-16-10-6-7-11-18-16)17(21)15-8-4-3-5-9-15/h3-4,6-7,10-11,15H,5,8-9,12-14H2,1-2H3/t15-/m1/s1. The van der Waals surface area contributed by atoms with Crippen molar-refractivity contribution >= 4 is 5.91 Å². The van der Waals surface area contributed by atoms with E-state index in [9.17, 15) is 4.79 Å². The number of hydrogen-bond donors (Lipinski definition) is 0. The molecule has 4 nitrogen and oxygen atoms in total. The second-order valence-electron chi connectivity index (χ2n) is 5.87. The summed E-state index contributed by atoms with van der Waals surface area (Å²) >= 11 is 0. The van der Waals surface area contributed by atoms with Gasteiger partial charge in [0.25, 0.3) is 0 Å². The molecule has 0 bridgehead atoms. The van der Waals surface area contributed by atoms with Gasteiger partial charge in [-0.05, 0) is 45.5 Å². The average Bonchev–Trinajstić information content (AvgIpc) is 2.52. The van der Waals surface area contributed by atoms with Crippen molar-refractivity contribution in [2.75, 3.05) is 27.2 Å². The highest BCUT2D eigenvalue weighted by Gasteiger charge is 2.24. The molecule has 0 spiro atoms. The first-order valence-corrected chi connectivity index (χ1v) is 7.65. The number of carbonyl (C=O) groups is 1. The number of pyridine rings is 1. The first-order valence-electron chi connectivity index (χ1n) is 7.65. The fraction of sp³-hybridized carbons (Fsp3) is 0.529. The summed E-state index contributed by atoms with van der Waals surface area (Å²) in [5.74, 6) is 0.410. The molecular formula is C17H25N3O. The number of rotatable bonds is 6. The normalized spacial score (nSPS) is 18.0. The van der Waals surface area contributed by atoms with Crippen molar-refractivity contribution in [3.05, 3.63) is 42.2 Å². The van der Waals surface area contributed by atoms with Gasteiger partial charge in [-0.25, -0.2) is 0 Å². The predicted octanol–water partition coefficient (Wildman–Crippen LogP) is 2.33. The van der Waals surface area contributed by atoms with Crippen LogP contribution in [0.15, 0.2) is 36.5 Å². The van der Waals surface area contributed by atoms with Crippen LogP contribution in [0.3, 0.4) is 0 Å². The van der Waals surface area contributed by atoms with Crippen molar-refractivity contribution in [2.24, 2.45) is 5.92 Å². The molecule has 2 rings (SSSR count). The molecule has 1 amide bonds. The van der Waals surface area contributed by atoms with E-state index < -0.39 is 0 Å². The fourth-order valence-corrected chi connectivity index (χ4v) is 2.55. The van der Waals surface area contributed by atoms with Crippen LogP contribution < -0.4 is 0 Å². The van der Waals surface area contributed by atoms with Crippen molar-refractivity contribution in [3.8, 4) is 0 Å². The molecule has 0 unspecified atom stereocenters. The summed E-state index contributed by atoms with van der Waals surface area (Å²) in [4.78, 5) is 21.2. The van der Waals surface area contributed by atoms with Crippen LogP contribution in [0, 0.1) is 5.92 Å². The number of nitrogens with zero attached hydrogens (tertiary/aromatic N) is 3. The molecule has 0 aromatic carbocycles. The maximum absolute atomic E-state index is 12.8. The Hall–Kier alpha value is -1.68. The van der Waals surface area contributed by atoms with Crippen LogP contribution in [-0.4, -0.2) is 47.9 Å². The van der Waals surface area contributed by atoms with E-state index >= 15 is 0 Å². The molecule has 1 aliphatic rings. The number of hydrogen-bond acceptors (Lipinski definition) is 3. The van der Waals surface area contributed by atoms with Gasteiger partial charge in [0.05, 0.1) is 12.2 Å². The Kier molecular flexibility index (Phi) is 5.93. The first-order chi connectivity index (χ1) is 10.2. The third-order valence-electron chi connectivity index (χ3n) is 3.83. The van der Waals surface area contributed by atoms with Crippen molar-refractivity contribution in [3.63, 3.8) is 0 Å². The van der Waals surface area contributed by atoms with Crippen LogP contribution >= 0.6 is 0 Å². The first kappa shape index (κ1) is 15.7. The van der Waals surface area contributed by atoms with E-state index in [-0.39, 0.29) is 11.8 Å². The van der Waals surface area contributed by atoms with E-state index in [0.29, 0.717) is 6.54 Å². The van der Waals surface area contributed by atoms with E-state index in [1.54, 1.807) is 6.20 Å². The third-order valence-corrected chi connectivity index (χ3v) is 3.83. The van der Waals surface area contributed by atoms with Crippen LogP contribution in [0.25, 0.3) is 0 Å². The van der Waals surface area contributed by atoms with E-state index in [1.165, 1.54) is 0 Å². The average molecular weight is 287 g/mol. The molecule has 0 radical (unpaired) electrons. The van der Waals surface area contributed by atoms with E-state index in [2.05, 4.69) is 22.0 Å². The van der Waals surface area contributed by atoms with Gasteiger partial charge in [0.1, 0.15) is 0 Å². The van der Waals surface area contributed by atoms with Gasteiger partial charge in [0.2, 0.25) is 5.91 Å². The Balaban J connectivity index is 2.03. The molecule has 0 aliphatic heterocycles. The molecule has 1 heterocycles. The second kappa shape index (κ2) is 7.93. The lowest BCUT2D eigenvalue weighted by Crippen LogP contribution is -2.40. The molecule has 1 aromatic heterocycles. The van der Waals surface area contributed by atoms with Crippen LogP contribution in [0.1, 0.15) is 25.0 Å². The van der Waals surface area contributed by atoms with Gasteiger partial charge in [0, 0.05) is 25.2 Å². The minimum atomic E-state index is 0.140. The van der Waals surface area contributed by atoms with Gasteiger partial charge in [-0.15, -0.1) is 0 Å². The summed E-state index contributed by atoms with van der Waals surface area (Å²) in [5, 5.41) is 0. The molecule has 0 saturated carbocycles. The lowest BCUT2D eigenvalue weighted by atomic mass is 9.93. The minimum Gasteiger partial charge on any atom is -0.335 e. The number of carbonyl (C=O) groups excluding carboxylic acids is 1. The maximum atomic E-state index is 12.8. The van der Waals surface area contributed by atoms with E-state index in [0.717, 1.165) is 38.0 Å². The molecular weight excluding hydrogens is 262 g/mol. The summed E-state index contributed by atoms with van der Waals surface area (Å²) in [7, 11) is 4.07. The largest absolute Gasteiger partial charge is 0.335 e. The van der Waals surface area contributed by atoms with Gasteiger partial charge in [-0.3, -0.25) is 9.78 Å². The summed E-state index contributed by atoms with van der Waals surface area (Å²) in [5.41, 5.74) is 0.955. The molecule has 1 atom stereocenters.